The van der Waals surface area contributed by atoms with E-state index in [0.29, 0.717) is 6.61 Å². The van der Waals surface area contributed by atoms with Gasteiger partial charge in [0.15, 0.2) is 6.04 Å². The van der Waals surface area contributed by atoms with E-state index in [1.807, 2.05) is 6.92 Å². The van der Waals surface area contributed by atoms with Crippen LogP contribution in [0.15, 0.2) is 4.99 Å². The third kappa shape index (κ3) is 3.43. The average Bonchev–Trinajstić information content (AvgIpc) is 2.62. The summed E-state index contributed by atoms with van der Waals surface area (Å²) in [5, 5.41) is 13.2. The molecule has 1 aliphatic heterocycles. The van der Waals surface area contributed by atoms with Crippen molar-refractivity contribution in [3.8, 4) is 0 Å². The van der Waals surface area contributed by atoms with Gasteiger partial charge in [0.2, 0.25) is 0 Å². The van der Waals surface area contributed by atoms with Gasteiger partial charge in [0, 0.05) is 6.42 Å². The molecule has 0 spiro atoms. The molecule has 0 saturated carbocycles. The quantitative estimate of drug-likeness (QED) is 0.701. The fourth-order valence-corrected chi connectivity index (χ4v) is 1.89. The summed E-state index contributed by atoms with van der Waals surface area (Å²) >= 11 is 0. The zero-order chi connectivity index (χ0) is 13.1. The number of amidine groups is 1. The highest BCUT2D eigenvalue weighted by atomic mass is 16.5. The second-order valence-electron chi connectivity index (χ2n) is 4.80. The maximum absolute atomic E-state index is 11.8. The Hall–Kier alpha value is -1.10. The van der Waals surface area contributed by atoms with E-state index < -0.39 is 17.7 Å². The molecule has 0 aromatic rings. The third-order valence-electron chi connectivity index (χ3n) is 2.71. The Balaban J connectivity index is 2.82. The van der Waals surface area contributed by atoms with Crippen LogP contribution in [0.3, 0.4) is 0 Å². The highest BCUT2D eigenvalue weighted by Gasteiger charge is 2.43. The molecule has 0 amide bonds. The van der Waals surface area contributed by atoms with Crippen LogP contribution < -0.4 is 5.32 Å². The number of aliphatic imine (C=N–C) groups is 1. The van der Waals surface area contributed by atoms with Gasteiger partial charge in [-0.15, -0.1) is 0 Å². The third-order valence-corrected chi connectivity index (χ3v) is 2.71. The van der Waals surface area contributed by atoms with Crippen molar-refractivity contribution >= 4 is 11.8 Å². The SMILES string of the molecule is CCCC1=NC(C(=O)OCC)C(C(C)(C)O)N1. The fraction of sp³-hybridized carbons (Fsp3) is 0.833. The number of rotatable bonds is 5. The van der Waals surface area contributed by atoms with Crippen LogP contribution >= 0.6 is 0 Å². The van der Waals surface area contributed by atoms with Gasteiger partial charge in [0.05, 0.1) is 24.1 Å². The van der Waals surface area contributed by atoms with Gasteiger partial charge >= 0.3 is 5.97 Å². The largest absolute Gasteiger partial charge is 0.464 e. The van der Waals surface area contributed by atoms with Crippen molar-refractivity contribution in [1.29, 1.82) is 0 Å². The smallest absolute Gasteiger partial charge is 0.333 e. The van der Waals surface area contributed by atoms with Gasteiger partial charge in [-0.3, -0.25) is 4.99 Å². The number of esters is 1. The van der Waals surface area contributed by atoms with Crippen LogP contribution in [0.1, 0.15) is 40.5 Å². The van der Waals surface area contributed by atoms with E-state index in [1.165, 1.54) is 0 Å². The molecule has 1 heterocycles. The molecule has 2 N–H and O–H groups in total. The molecule has 17 heavy (non-hydrogen) atoms. The van der Waals surface area contributed by atoms with Crippen molar-refractivity contribution in [2.45, 2.75) is 58.2 Å². The minimum absolute atomic E-state index is 0.326. The highest BCUT2D eigenvalue weighted by molar-refractivity contribution is 5.91. The van der Waals surface area contributed by atoms with E-state index in [2.05, 4.69) is 10.3 Å². The first-order chi connectivity index (χ1) is 7.90. The van der Waals surface area contributed by atoms with E-state index in [1.54, 1.807) is 20.8 Å². The van der Waals surface area contributed by atoms with Crippen molar-refractivity contribution in [3.63, 3.8) is 0 Å². The Morgan fingerprint density at radius 2 is 2.18 bits per heavy atom. The summed E-state index contributed by atoms with van der Waals surface area (Å²) in [7, 11) is 0. The Kier molecular flexibility index (Phi) is 4.51. The lowest BCUT2D eigenvalue weighted by Crippen LogP contribution is -2.53. The maximum Gasteiger partial charge on any atom is 0.333 e. The molecular formula is C12H22N2O3. The summed E-state index contributed by atoms with van der Waals surface area (Å²) in [4.78, 5) is 16.1. The van der Waals surface area contributed by atoms with Crippen molar-refractivity contribution in [2.75, 3.05) is 6.61 Å². The zero-order valence-corrected chi connectivity index (χ0v) is 11.0. The lowest BCUT2D eigenvalue weighted by atomic mass is 9.93. The monoisotopic (exact) mass is 242 g/mol. The lowest BCUT2D eigenvalue weighted by Gasteiger charge is -2.29. The van der Waals surface area contributed by atoms with Crippen molar-refractivity contribution in [1.82, 2.24) is 5.32 Å². The standard InChI is InChI=1S/C12H22N2O3/c1-5-7-8-13-9(11(15)17-6-2)10(14-8)12(3,4)16/h9-10,16H,5-7H2,1-4H3,(H,13,14). The fourth-order valence-electron chi connectivity index (χ4n) is 1.89. The summed E-state index contributed by atoms with van der Waals surface area (Å²) in [5.41, 5.74) is -1.02. The van der Waals surface area contributed by atoms with E-state index in [4.69, 9.17) is 4.74 Å². The Labute approximate surface area is 102 Å². The van der Waals surface area contributed by atoms with Crippen LogP contribution in [-0.2, 0) is 9.53 Å². The predicted molar refractivity (Wildman–Crippen MR) is 66.0 cm³/mol. The van der Waals surface area contributed by atoms with Crippen LogP contribution in [-0.4, -0.2) is 41.2 Å². The van der Waals surface area contributed by atoms with Gasteiger partial charge in [-0.05, 0) is 27.2 Å². The van der Waals surface area contributed by atoms with Gasteiger partial charge in [-0.25, -0.2) is 4.79 Å². The molecular weight excluding hydrogens is 220 g/mol. The second kappa shape index (κ2) is 5.49. The number of nitrogens with zero attached hydrogens (tertiary/aromatic N) is 1. The van der Waals surface area contributed by atoms with Crippen LogP contribution in [0.25, 0.3) is 0 Å². The first kappa shape index (κ1) is 14.0. The molecule has 0 aromatic heterocycles. The van der Waals surface area contributed by atoms with Gasteiger partial charge in [0.25, 0.3) is 0 Å². The number of carbonyl (C=O) groups excluding carboxylic acids is 1. The molecule has 0 bridgehead atoms. The number of carbonyl (C=O) groups is 1. The lowest BCUT2D eigenvalue weighted by molar-refractivity contribution is -0.146. The highest BCUT2D eigenvalue weighted by Crippen LogP contribution is 2.21. The van der Waals surface area contributed by atoms with E-state index in [-0.39, 0.29) is 5.97 Å². The zero-order valence-electron chi connectivity index (χ0n) is 11.0. The Morgan fingerprint density at radius 3 is 2.65 bits per heavy atom. The minimum Gasteiger partial charge on any atom is -0.464 e. The van der Waals surface area contributed by atoms with Gasteiger partial charge in [-0.1, -0.05) is 6.92 Å². The van der Waals surface area contributed by atoms with Crippen LogP contribution in [0.2, 0.25) is 0 Å². The van der Waals surface area contributed by atoms with E-state index in [0.717, 1.165) is 18.7 Å². The summed E-state index contributed by atoms with van der Waals surface area (Å²) in [6.45, 7) is 7.46. The minimum atomic E-state index is -1.02. The van der Waals surface area contributed by atoms with Crippen LogP contribution in [0, 0.1) is 0 Å². The van der Waals surface area contributed by atoms with E-state index in [9.17, 15) is 9.90 Å². The van der Waals surface area contributed by atoms with Crippen molar-refractivity contribution < 1.29 is 14.6 Å². The summed E-state index contributed by atoms with van der Waals surface area (Å²) < 4.78 is 4.98. The predicted octanol–water partition coefficient (Wildman–Crippen LogP) is 0.859. The van der Waals surface area contributed by atoms with E-state index >= 15 is 0 Å². The molecule has 5 nitrogen and oxygen atoms in total. The molecule has 2 atom stereocenters. The molecule has 98 valence electrons. The summed E-state index contributed by atoms with van der Waals surface area (Å²) in [5.74, 6) is 0.399. The molecule has 2 unspecified atom stereocenters. The summed E-state index contributed by atoms with van der Waals surface area (Å²) in [6.07, 6.45) is 1.72. The molecule has 1 rings (SSSR count). The van der Waals surface area contributed by atoms with Crippen molar-refractivity contribution in [3.05, 3.63) is 0 Å². The first-order valence-corrected chi connectivity index (χ1v) is 6.12. The number of hydrogen-bond donors (Lipinski definition) is 2. The maximum atomic E-state index is 11.8. The molecule has 5 heteroatoms. The molecule has 0 radical (unpaired) electrons. The molecule has 0 saturated heterocycles. The number of nitrogens with one attached hydrogen (secondary N) is 1. The summed E-state index contributed by atoms with van der Waals surface area (Å²) in [6, 6.07) is -1.06. The van der Waals surface area contributed by atoms with Gasteiger partial charge in [0.1, 0.15) is 0 Å². The first-order valence-electron chi connectivity index (χ1n) is 6.12. The number of hydrogen-bond acceptors (Lipinski definition) is 5. The Morgan fingerprint density at radius 1 is 1.53 bits per heavy atom. The second-order valence-corrected chi connectivity index (χ2v) is 4.80. The molecule has 0 aliphatic carbocycles. The van der Waals surface area contributed by atoms with Crippen LogP contribution in [0.4, 0.5) is 0 Å². The van der Waals surface area contributed by atoms with Gasteiger partial charge < -0.3 is 15.2 Å². The number of ether oxygens (including phenoxy) is 1. The molecule has 0 fully saturated rings. The Bertz CT molecular complexity index is 307. The van der Waals surface area contributed by atoms with Crippen LogP contribution in [0.5, 0.6) is 0 Å². The van der Waals surface area contributed by atoms with Crippen molar-refractivity contribution in [2.24, 2.45) is 4.99 Å². The molecule has 0 aromatic carbocycles. The number of aliphatic hydroxyl groups is 1. The topological polar surface area (TPSA) is 70.9 Å². The normalized spacial score (nSPS) is 24.2. The molecule has 1 aliphatic rings. The van der Waals surface area contributed by atoms with Gasteiger partial charge in [-0.2, -0.15) is 0 Å². The average molecular weight is 242 g/mol.